The van der Waals surface area contributed by atoms with Crippen molar-refractivity contribution < 1.29 is 18.7 Å². The second-order valence-electron chi connectivity index (χ2n) is 4.97. The number of nitrogens with zero attached hydrogens (tertiary/aromatic N) is 1. The molecule has 0 saturated heterocycles. The third-order valence-corrected chi connectivity index (χ3v) is 4.27. The maximum Gasteiger partial charge on any atom is 0.307 e. The van der Waals surface area contributed by atoms with Gasteiger partial charge in [-0.25, -0.2) is 4.39 Å². The Bertz CT molecular complexity index is 640. The number of benzene rings is 1. The first-order valence-corrected chi connectivity index (χ1v) is 8.12. The van der Waals surface area contributed by atoms with E-state index in [1.807, 2.05) is 11.4 Å². The second-order valence-corrected chi connectivity index (χ2v) is 5.92. The van der Waals surface area contributed by atoms with Gasteiger partial charge in [0.15, 0.2) is 0 Å². The Balaban J connectivity index is 2.01. The number of hydrogen-bond donors (Lipinski definition) is 0. The molecule has 1 aromatic carbocycles. The number of carbonyl (C=O) groups excluding carboxylic acids is 2. The molecule has 6 heteroatoms. The lowest BCUT2D eigenvalue weighted by Gasteiger charge is -2.21. The summed E-state index contributed by atoms with van der Waals surface area (Å²) < 4.78 is 17.6. The van der Waals surface area contributed by atoms with Crippen LogP contribution in [0.4, 0.5) is 4.39 Å². The predicted octanol–water partition coefficient (Wildman–Crippen LogP) is 3.14. The van der Waals surface area contributed by atoms with E-state index >= 15 is 0 Å². The van der Waals surface area contributed by atoms with Gasteiger partial charge in [0.25, 0.3) is 5.91 Å². The number of esters is 1. The minimum absolute atomic E-state index is 0.106. The zero-order valence-corrected chi connectivity index (χ0v) is 13.6. The van der Waals surface area contributed by atoms with Crippen molar-refractivity contribution in [3.05, 3.63) is 58.0 Å². The summed E-state index contributed by atoms with van der Waals surface area (Å²) in [6.45, 7) is 0.754. The van der Waals surface area contributed by atoms with Crippen molar-refractivity contribution in [2.75, 3.05) is 20.2 Å². The summed E-state index contributed by atoms with van der Waals surface area (Å²) in [6.07, 6.45) is 0.746. The third kappa shape index (κ3) is 5.17. The number of hydrogen-bond acceptors (Lipinski definition) is 4. The van der Waals surface area contributed by atoms with E-state index in [1.54, 1.807) is 23.1 Å². The monoisotopic (exact) mass is 335 g/mol. The number of rotatable bonds is 7. The average Bonchev–Trinajstić information content (AvgIpc) is 3.10. The molecule has 0 aliphatic heterocycles. The van der Waals surface area contributed by atoms with E-state index in [0.29, 0.717) is 24.4 Å². The first kappa shape index (κ1) is 17.1. The highest BCUT2D eigenvalue weighted by atomic mass is 32.1. The largest absolute Gasteiger partial charge is 0.469 e. The van der Waals surface area contributed by atoms with Gasteiger partial charge < -0.3 is 9.64 Å². The molecule has 0 aliphatic carbocycles. The number of thiophene rings is 1. The van der Waals surface area contributed by atoms with Gasteiger partial charge in [0, 0.05) is 13.1 Å². The Morgan fingerprint density at radius 1 is 1.17 bits per heavy atom. The van der Waals surface area contributed by atoms with Crippen LogP contribution in [-0.2, 0) is 16.0 Å². The van der Waals surface area contributed by atoms with Gasteiger partial charge in [0.2, 0.25) is 0 Å². The topological polar surface area (TPSA) is 46.6 Å². The lowest BCUT2D eigenvalue weighted by molar-refractivity contribution is -0.140. The van der Waals surface area contributed by atoms with Crippen LogP contribution >= 0.6 is 11.3 Å². The molecule has 2 rings (SSSR count). The molecule has 0 atom stereocenters. The summed E-state index contributed by atoms with van der Waals surface area (Å²) >= 11 is 1.37. The zero-order chi connectivity index (χ0) is 16.7. The van der Waals surface area contributed by atoms with Gasteiger partial charge >= 0.3 is 5.97 Å². The summed E-state index contributed by atoms with van der Waals surface area (Å²) in [5, 5.41) is 1.84. The van der Waals surface area contributed by atoms with Crippen LogP contribution in [-0.4, -0.2) is 37.0 Å². The fourth-order valence-corrected chi connectivity index (χ4v) is 2.81. The number of methoxy groups -OCH3 is 1. The Kier molecular flexibility index (Phi) is 6.29. The van der Waals surface area contributed by atoms with E-state index in [-0.39, 0.29) is 24.1 Å². The maximum atomic E-state index is 12.9. The van der Waals surface area contributed by atoms with E-state index in [4.69, 9.17) is 0 Å². The lowest BCUT2D eigenvalue weighted by atomic mass is 10.1. The van der Waals surface area contributed by atoms with Crippen LogP contribution in [0.25, 0.3) is 0 Å². The van der Waals surface area contributed by atoms with Crippen molar-refractivity contribution in [2.24, 2.45) is 0 Å². The van der Waals surface area contributed by atoms with Gasteiger partial charge in [0.1, 0.15) is 5.82 Å². The SMILES string of the molecule is COC(=O)CCN(CCc1ccc(F)cc1)C(=O)c1cccs1. The normalized spacial score (nSPS) is 10.3. The standard InChI is InChI=1S/C17H18FNO3S/c1-22-16(20)9-11-19(17(21)15-3-2-12-23-15)10-8-13-4-6-14(18)7-5-13/h2-7,12H,8-11H2,1H3. The van der Waals surface area contributed by atoms with E-state index in [9.17, 15) is 14.0 Å². The van der Waals surface area contributed by atoms with Crippen molar-refractivity contribution in [1.29, 1.82) is 0 Å². The van der Waals surface area contributed by atoms with E-state index in [2.05, 4.69) is 4.74 Å². The Labute approximate surface area is 138 Å². The van der Waals surface area contributed by atoms with Gasteiger partial charge in [-0.3, -0.25) is 9.59 Å². The molecule has 2 aromatic rings. The molecular weight excluding hydrogens is 317 g/mol. The molecule has 0 bridgehead atoms. The van der Waals surface area contributed by atoms with Crippen molar-refractivity contribution >= 4 is 23.2 Å². The van der Waals surface area contributed by atoms with Crippen LogP contribution in [0.1, 0.15) is 21.7 Å². The highest BCUT2D eigenvalue weighted by Gasteiger charge is 2.18. The van der Waals surface area contributed by atoms with Gasteiger partial charge in [-0.15, -0.1) is 11.3 Å². The Hall–Kier alpha value is -2.21. The summed E-state index contributed by atoms with van der Waals surface area (Å²) in [6, 6.07) is 9.77. The van der Waals surface area contributed by atoms with E-state index < -0.39 is 0 Å². The van der Waals surface area contributed by atoms with Crippen molar-refractivity contribution in [3.63, 3.8) is 0 Å². The van der Waals surface area contributed by atoms with Crippen LogP contribution in [0.3, 0.4) is 0 Å². The number of halogens is 1. The van der Waals surface area contributed by atoms with Crippen LogP contribution in [0.5, 0.6) is 0 Å². The number of carbonyl (C=O) groups is 2. The van der Waals surface area contributed by atoms with Crippen molar-refractivity contribution in [2.45, 2.75) is 12.8 Å². The zero-order valence-electron chi connectivity index (χ0n) is 12.8. The summed E-state index contributed by atoms with van der Waals surface area (Å²) in [7, 11) is 1.33. The first-order chi connectivity index (χ1) is 11.1. The molecule has 1 aromatic heterocycles. The minimum Gasteiger partial charge on any atom is -0.469 e. The molecule has 0 N–H and O–H groups in total. The molecule has 1 heterocycles. The smallest absolute Gasteiger partial charge is 0.307 e. The van der Waals surface area contributed by atoms with Crippen LogP contribution in [0, 0.1) is 5.82 Å². The second kappa shape index (κ2) is 8.43. The predicted molar refractivity (Wildman–Crippen MR) is 87.0 cm³/mol. The Morgan fingerprint density at radius 3 is 2.52 bits per heavy atom. The summed E-state index contributed by atoms with van der Waals surface area (Å²) in [5.74, 6) is -0.743. The fraction of sp³-hybridized carbons (Fsp3) is 0.294. The molecule has 0 fully saturated rings. The van der Waals surface area contributed by atoms with Gasteiger partial charge in [-0.1, -0.05) is 18.2 Å². The van der Waals surface area contributed by atoms with Gasteiger partial charge in [-0.2, -0.15) is 0 Å². The highest BCUT2D eigenvalue weighted by molar-refractivity contribution is 7.12. The third-order valence-electron chi connectivity index (χ3n) is 3.42. The molecule has 1 amide bonds. The van der Waals surface area contributed by atoms with Crippen LogP contribution < -0.4 is 0 Å². The summed E-state index contributed by atoms with van der Waals surface area (Å²) in [4.78, 5) is 26.1. The lowest BCUT2D eigenvalue weighted by Crippen LogP contribution is -2.34. The van der Waals surface area contributed by atoms with Crippen LogP contribution in [0.2, 0.25) is 0 Å². The molecule has 0 spiro atoms. The van der Waals surface area contributed by atoms with Crippen molar-refractivity contribution in [3.8, 4) is 0 Å². The number of amides is 1. The molecule has 0 saturated carbocycles. The summed E-state index contributed by atoms with van der Waals surface area (Å²) in [5.41, 5.74) is 0.938. The molecule has 122 valence electrons. The fourth-order valence-electron chi connectivity index (χ4n) is 2.11. The van der Waals surface area contributed by atoms with E-state index in [1.165, 1.54) is 30.6 Å². The van der Waals surface area contributed by atoms with E-state index in [0.717, 1.165) is 5.56 Å². The molecule has 0 unspecified atom stereocenters. The highest BCUT2D eigenvalue weighted by Crippen LogP contribution is 2.13. The molecule has 0 radical (unpaired) electrons. The number of ether oxygens (including phenoxy) is 1. The van der Waals surface area contributed by atoms with Crippen molar-refractivity contribution in [1.82, 2.24) is 4.90 Å². The quantitative estimate of drug-likeness (QED) is 0.730. The molecule has 4 nitrogen and oxygen atoms in total. The van der Waals surface area contributed by atoms with Gasteiger partial charge in [-0.05, 0) is 35.6 Å². The van der Waals surface area contributed by atoms with Crippen LogP contribution in [0.15, 0.2) is 41.8 Å². The molecule has 0 aliphatic rings. The van der Waals surface area contributed by atoms with Gasteiger partial charge in [0.05, 0.1) is 18.4 Å². The Morgan fingerprint density at radius 2 is 1.91 bits per heavy atom. The maximum absolute atomic E-state index is 12.9. The average molecular weight is 335 g/mol. The molecular formula is C17H18FNO3S. The first-order valence-electron chi connectivity index (χ1n) is 7.24. The minimum atomic E-state index is -0.351. The molecule has 23 heavy (non-hydrogen) atoms.